The van der Waals surface area contributed by atoms with Gasteiger partial charge in [0, 0.05) is 17.8 Å². The number of hydrogen-bond acceptors (Lipinski definition) is 2. The number of carbonyl (C=O) groups excluding carboxylic acids is 1. The molecule has 0 fully saturated rings. The molecule has 108 valence electrons. The average molecular weight is 305 g/mol. The lowest BCUT2D eigenvalue weighted by molar-refractivity contribution is 0.102. The van der Waals surface area contributed by atoms with Crippen molar-refractivity contribution in [3.63, 3.8) is 0 Å². The molecule has 0 unspecified atom stereocenters. The summed E-state index contributed by atoms with van der Waals surface area (Å²) in [5, 5.41) is 6.02. The lowest BCUT2D eigenvalue weighted by Crippen LogP contribution is -2.19. The maximum Gasteiger partial charge on any atom is 0.256 e. The first-order valence-corrected chi connectivity index (χ1v) is 7.16. The standard InChI is InChI=1S/C16H14ClFN2O/c17-12-6-2-7-13(18)15(12)20-16(21)11-4-1-8-14-10(11)5-3-9-19-14/h1-2,4,6-8,19H,3,5,9H2,(H,20,21). The van der Waals surface area contributed by atoms with E-state index in [-0.39, 0.29) is 16.6 Å². The van der Waals surface area contributed by atoms with Gasteiger partial charge in [-0.05, 0) is 42.7 Å². The third-order valence-corrected chi connectivity index (χ3v) is 3.86. The van der Waals surface area contributed by atoms with Crippen molar-refractivity contribution in [2.75, 3.05) is 17.2 Å². The van der Waals surface area contributed by atoms with Crippen LogP contribution in [0.3, 0.4) is 0 Å². The minimum absolute atomic E-state index is 0.0190. The van der Waals surface area contributed by atoms with Crippen molar-refractivity contribution < 1.29 is 9.18 Å². The van der Waals surface area contributed by atoms with Crippen LogP contribution in [0.15, 0.2) is 36.4 Å². The number of amides is 1. The minimum Gasteiger partial charge on any atom is -0.385 e. The summed E-state index contributed by atoms with van der Waals surface area (Å²) in [6, 6.07) is 9.82. The number of benzene rings is 2. The Balaban J connectivity index is 1.93. The Morgan fingerprint density at radius 1 is 1.24 bits per heavy atom. The first-order chi connectivity index (χ1) is 10.2. The van der Waals surface area contributed by atoms with Gasteiger partial charge >= 0.3 is 0 Å². The van der Waals surface area contributed by atoms with Crippen molar-refractivity contribution in [3.05, 3.63) is 58.4 Å². The lowest BCUT2D eigenvalue weighted by Gasteiger charge is -2.20. The summed E-state index contributed by atoms with van der Waals surface area (Å²) in [6.45, 7) is 0.900. The van der Waals surface area contributed by atoms with Gasteiger partial charge in [0.25, 0.3) is 5.91 Å². The van der Waals surface area contributed by atoms with Crippen molar-refractivity contribution >= 4 is 28.9 Å². The smallest absolute Gasteiger partial charge is 0.256 e. The Hall–Kier alpha value is -2.07. The van der Waals surface area contributed by atoms with Gasteiger partial charge in [0.05, 0.1) is 10.7 Å². The van der Waals surface area contributed by atoms with Gasteiger partial charge in [0.2, 0.25) is 0 Å². The highest BCUT2D eigenvalue weighted by atomic mass is 35.5. The fraction of sp³-hybridized carbons (Fsp3) is 0.188. The van der Waals surface area contributed by atoms with E-state index in [1.54, 1.807) is 12.1 Å². The molecule has 1 aliphatic heterocycles. The summed E-state index contributed by atoms with van der Waals surface area (Å²) < 4.78 is 13.8. The zero-order valence-corrected chi connectivity index (χ0v) is 12.0. The number of fused-ring (bicyclic) bond motifs is 1. The monoisotopic (exact) mass is 304 g/mol. The van der Waals surface area contributed by atoms with Crippen LogP contribution in [0.5, 0.6) is 0 Å². The summed E-state index contributed by atoms with van der Waals surface area (Å²) in [6.07, 6.45) is 1.80. The Kier molecular flexibility index (Phi) is 3.80. The van der Waals surface area contributed by atoms with Crippen LogP contribution in [-0.4, -0.2) is 12.5 Å². The van der Waals surface area contributed by atoms with Gasteiger partial charge in [0.1, 0.15) is 5.82 Å². The number of anilines is 2. The van der Waals surface area contributed by atoms with Crippen molar-refractivity contribution in [1.82, 2.24) is 0 Å². The van der Waals surface area contributed by atoms with E-state index >= 15 is 0 Å². The number of para-hydroxylation sites is 1. The van der Waals surface area contributed by atoms with Crippen LogP contribution >= 0.6 is 11.6 Å². The molecule has 0 atom stereocenters. The molecule has 2 aromatic rings. The highest BCUT2D eigenvalue weighted by Gasteiger charge is 2.19. The maximum atomic E-state index is 13.8. The lowest BCUT2D eigenvalue weighted by atomic mass is 9.97. The van der Waals surface area contributed by atoms with Gasteiger partial charge in [-0.15, -0.1) is 0 Å². The van der Waals surface area contributed by atoms with Crippen molar-refractivity contribution in [3.8, 4) is 0 Å². The Morgan fingerprint density at radius 3 is 2.86 bits per heavy atom. The predicted molar refractivity (Wildman–Crippen MR) is 82.6 cm³/mol. The molecular formula is C16H14ClFN2O. The zero-order chi connectivity index (χ0) is 14.8. The molecular weight excluding hydrogens is 291 g/mol. The summed E-state index contributed by atoms with van der Waals surface area (Å²) in [7, 11) is 0. The first-order valence-electron chi connectivity index (χ1n) is 6.78. The highest BCUT2D eigenvalue weighted by Crippen LogP contribution is 2.28. The molecule has 21 heavy (non-hydrogen) atoms. The molecule has 1 heterocycles. The molecule has 2 N–H and O–H groups in total. The Morgan fingerprint density at radius 2 is 2.05 bits per heavy atom. The van der Waals surface area contributed by atoms with Gasteiger partial charge < -0.3 is 10.6 Å². The molecule has 0 aromatic heterocycles. The average Bonchev–Trinajstić information content (AvgIpc) is 2.50. The first kappa shape index (κ1) is 13.9. The zero-order valence-electron chi connectivity index (χ0n) is 11.2. The highest BCUT2D eigenvalue weighted by molar-refractivity contribution is 6.34. The van der Waals surface area contributed by atoms with Gasteiger partial charge in [-0.25, -0.2) is 4.39 Å². The molecule has 5 heteroatoms. The van der Waals surface area contributed by atoms with E-state index in [0.717, 1.165) is 30.6 Å². The van der Waals surface area contributed by atoms with Crippen LogP contribution < -0.4 is 10.6 Å². The van der Waals surface area contributed by atoms with E-state index in [2.05, 4.69) is 10.6 Å². The fourth-order valence-corrected chi connectivity index (χ4v) is 2.73. The van der Waals surface area contributed by atoms with E-state index in [9.17, 15) is 9.18 Å². The topological polar surface area (TPSA) is 41.1 Å². The largest absolute Gasteiger partial charge is 0.385 e. The molecule has 0 saturated carbocycles. The second-order valence-electron chi connectivity index (χ2n) is 4.91. The van der Waals surface area contributed by atoms with E-state index in [4.69, 9.17) is 11.6 Å². The summed E-state index contributed by atoms with van der Waals surface area (Å²) in [5.74, 6) is -0.888. The van der Waals surface area contributed by atoms with Gasteiger partial charge in [-0.1, -0.05) is 23.7 Å². The van der Waals surface area contributed by atoms with Crippen molar-refractivity contribution in [2.45, 2.75) is 12.8 Å². The minimum atomic E-state index is -0.543. The molecule has 0 radical (unpaired) electrons. The molecule has 0 spiro atoms. The molecule has 1 aliphatic rings. The molecule has 2 aromatic carbocycles. The normalized spacial score (nSPS) is 13.2. The van der Waals surface area contributed by atoms with Crippen molar-refractivity contribution in [1.29, 1.82) is 0 Å². The molecule has 1 amide bonds. The maximum absolute atomic E-state index is 13.8. The number of hydrogen-bond donors (Lipinski definition) is 2. The van der Waals surface area contributed by atoms with E-state index in [0.29, 0.717) is 5.56 Å². The van der Waals surface area contributed by atoms with Gasteiger partial charge in [-0.2, -0.15) is 0 Å². The SMILES string of the molecule is O=C(Nc1c(F)cccc1Cl)c1cccc2c1CCCN2. The van der Waals surface area contributed by atoms with E-state index in [1.807, 2.05) is 12.1 Å². The summed E-state index contributed by atoms with van der Waals surface area (Å²) >= 11 is 5.94. The molecule has 3 nitrogen and oxygen atoms in total. The third-order valence-electron chi connectivity index (χ3n) is 3.54. The second kappa shape index (κ2) is 5.74. The van der Waals surface area contributed by atoms with E-state index in [1.165, 1.54) is 12.1 Å². The summed E-state index contributed by atoms with van der Waals surface area (Å²) in [4.78, 5) is 12.4. The molecule has 0 saturated heterocycles. The van der Waals surface area contributed by atoms with Crippen molar-refractivity contribution in [2.24, 2.45) is 0 Å². The van der Waals surface area contributed by atoms with Crippen LogP contribution in [0.1, 0.15) is 22.3 Å². The number of rotatable bonds is 2. The number of carbonyl (C=O) groups is 1. The van der Waals surface area contributed by atoms with Crippen LogP contribution in [0.4, 0.5) is 15.8 Å². The molecule has 0 bridgehead atoms. The number of halogens is 2. The predicted octanol–water partition coefficient (Wildman–Crippen LogP) is 4.09. The third kappa shape index (κ3) is 2.72. The van der Waals surface area contributed by atoms with Gasteiger partial charge in [-0.3, -0.25) is 4.79 Å². The van der Waals surface area contributed by atoms with Crippen LogP contribution in [0.2, 0.25) is 5.02 Å². The van der Waals surface area contributed by atoms with Gasteiger partial charge in [0.15, 0.2) is 0 Å². The second-order valence-corrected chi connectivity index (χ2v) is 5.32. The Labute approximate surface area is 127 Å². The fourth-order valence-electron chi connectivity index (χ4n) is 2.52. The Bertz CT molecular complexity index is 682. The van der Waals surface area contributed by atoms with Crippen LogP contribution in [0.25, 0.3) is 0 Å². The van der Waals surface area contributed by atoms with Crippen LogP contribution in [-0.2, 0) is 6.42 Å². The summed E-state index contributed by atoms with van der Waals surface area (Å²) in [5.41, 5.74) is 2.51. The number of nitrogens with one attached hydrogen (secondary N) is 2. The van der Waals surface area contributed by atoms with E-state index < -0.39 is 5.82 Å². The van der Waals surface area contributed by atoms with Crippen LogP contribution in [0, 0.1) is 5.82 Å². The molecule has 3 rings (SSSR count). The quantitative estimate of drug-likeness (QED) is 0.877. The molecule has 0 aliphatic carbocycles.